The number of nitrogens with zero attached hydrogens (tertiary/aromatic N) is 1. The minimum atomic E-state index is -2.83. The highest BCUT2D eigenvalue weighted by molar-refractivity contribution is 6.60. The molecule has 12 nitrogen and oxygen atoms in total. The number of hydrogen-bond donors (Lipinski definition) is 0. The Morgan fingerprint density at radius 1 is 0.595 bits per heavy atom. The van der Waals surface area contributed by atoms with Crippen LogP contribution in [0.5, 0.6) is 0 Å². The summed E-state index contributed by atoms with van der Waals surface area (Å²) in [6.07, 6.45) is 1.69. The molecule has 0 saturated heterocycles. The highest BCUT2D eigenvalue weighted by atomic mass is 28.4. The van der Waals surface area contributed by atoms with Gasteiger partial charge in [-0.1, -0.05) is 13.2 Å². The van der Waals surface area contributed by atoms with Crippen LogP contribution in [0.4, 0.5) is 0 Å². The Hall–Kier alpha value is -2.58. The highest BCUT2D eigenvalue weighted by Gasteiger charge is 2.39. The first kappa shape index (κ1) is 39.4. The van der Waals surface area contributed by atoms with Gasteiger partial charge < -0.3 is 37.1 Å². The summed E-state index contributed by atoms with van der Waals surface area (Å²) < 4.78 is 38.3. The van der Waals surface area contributed by atoms with Gasteiger partial charge >= 0.3 is 32.7 Å². The smallest absolute Gasteiger partial charge is 0.466 e. The molecule has 0 bridgehead atoms. The maximum absolute atomic E-state index is 12.3. The van der Waals surface area contributed by atoms with Crippen molar-refractivity contribution in [3.63, 3.8) is 0 Å². The monoisotopic (exact) mass is 617 g/mol. The van der Waals surface area contributed by atoms with Crippen LogP contribution >= 0.6 is 0 Å². The number of hydrogen-bond acceptors (Lipinski definition) is 12. The molecule has 0 heterocycles. The van der Waals surface area contributed by atoms with E-state index in [9.17, 15) is 19.2 Å². The molecule has 0 aromatic rings. The summed E-state index contributed by atoms with van der Waals surface area (Å²) in [6.45, 7) is 19.1. The molecule has 0 amide bonds. The SMILES string of the molecule is C=C(C)C(=O)OCCCOC(=O)CCN(CCC[Si](OCC)(OCC)OCC)CCC(=O)OCCCOC(=O)C(=C)C. The molecule has 242 valence electrons. The molecule has 0 radical (unpaired) electrons. The van der Waals surface area contributed by atoms with Crippen LogP contribution in [0.3, 0.4) is 0 Å². The molecule has 0 fully saturated rings. The van der Waals surface area contributed by atoms with Crippen molar-refractivity contribution in [2.45, 2.75) is 72.8 Å². The summed E-state index contributed by atoms with van der Waals surface area (Å²) in [5, 5.41) is 0. The van der Waals surface area contributed by atoms with E-state index in [1.807, 2.05) is 25.7 Å². The summed E-state index contributed by atoms with van der Waals surface area (Å²) in [6, 6.07) is 0.597. The molecular weight excluding hydrogens is 566 g/mol. The minimum absolute atomic E-state index is 0.125. The van der Waals surface area contributed by atoms with Crippen molar-refractivity contribution in [1.82, 2.24) is 4.90 Å². The van der Waals surface area contributed by atoms with E-state index < -0.39 is 20.7 Å². The van der Waals surface area contributed by atoms with Crippen molar-refractivity contribution < 1.29 is 51.4 Å². The largest absolute Gasteiger partial charge is 0.500 e. The first-order chi connectivity index (χ1) is 20.0. The Bertz CT molecular complexity index is 780. The van der Waals surface area contributed by atoms with Crippen LogP contribution in [-0.2, 0) is 51.4 Å². The maximum Gasteiger partial charge on any atom is 0.500 e. The third-order valence-electron chi connectivity index (χ3n) is 5.58. The van der Waals surface area contributed by atoms with Crippen molar-refractivity contribution >= 4 is 32.7 Å². The first-order valence-corrected chi connectivity index (χ1v) is 16.5. The van der Waals surface area contributed by atoms with Crippen LogP contribution in [0.1, 0.15) is 66.7 Å². The lowest BCUT2D eigenvalue weighted by atomic mass is 10.3. The average molecular weight is 618 g/mol. The van der Waals surface area contributed by atoms with Crippen LogP contribution in [0.2, 0.25) is 6.04 Å². The topological polar surface area (TPSA) is 136 Å². The number of ether oxygens (including phenoxy) is 4. The van der Waals surface area contributed by atoms with Gasteiger partial charge in [0.25, 0.3) is 0 Å². The number of esters is 4. The third-order valence-corrected chi connectivity index (χ3v) is 8.73. The summed E-state index contributed by atoms with van der Waals surface area (Å²) >= 11 is 0. The van der Waals surface area contributed by atoms with E-state index in [0.717, 1.165) is 0 Å². The van der Waals surface area contributed by atoms with Crippen molar-refractivity contribution in [2.24, 2.45) is 0 Å². The van der Waals surface area contributed by atoms with Crippen LogP contribution in [-0.4, -0.2) is 103 Å². The molecular formula is C29H51NO11Si. The Labute approximate surface area is 252 Å². The summed E-state index contributed by atoms with van der Waals surface area (Å²) in [7, 11) is -2.83. The van der Waals surface area contributed by atoms with Crippen LogP contribution < -0.4 is 0 Å². The van der Waals surface area contributed by atoms with Gasteiger partial charge in [0.1, 0.15) is 0 Å². The molecule has 0 rings (SSSR count). The Kier molecular flexibility index (Phi) is 22.5. The number of carbonyl (C=O) groups is 4. The molecule has 0 aliphatic rings. The van der Waals surface area contributed by atoms with E-state index >= 15 is 0 Å². The molecule has 0 aromatic carbocycles. The average Bonchev–Trinajstić information content (AvgIpc) is 2.93. The lowest BCUT2D eigenvalue weighted by Gasteiger charge is -2.29. The fourth-order valence-electron chi connectivity index (χ4n) is 3.56. The molecule has 0 N–H and O–H groups in total. The Balaban J connectivity index is 4.83. The van der Waals surface area contributed by atoms with Crippen molar-refractivity contribution in [1.29, 1.82) is 0 Å². The van der Waals surface area contributed by atoms with Crippen molar-refractivity contribution in [3.8, 4) is 0 Å². The van der Waals surface area contributed by atoms with E-state index in [-0.39, 0.29) is 51.2 Å². The third kappa shape index (κ3) is 19.5. The second-order valence-electron chi connectivity index (χ2n) is 9.41. The first-order valence-electron chi connectivity index (χ1n) is 14.6. The van der Waals surface area contributed by atoms with Crippen molar-refractivity contribution in [3.05, 3.63) is 24.3 Å². The second-order valence-corrected chi connectivity index (χ2v) is 12.1. The zero-order valence-corrected chi connectivity index (χ0v) is 27.2. The van der Waals surface area contributed by atoms with Gasteiger partial charge in [0.2, 0.25) is 0 Å². The van der Waals surface area contributed by atoms with Gasteiger partial charge in [0.15, 0.2) is 0 Å². The van der Waals surface area contributed by atoms with Gasteiger partial charge in [-0.05, 0) is 47.6 Å². The fraction of sp³-hybridized carbons (Fsp3) is 0.724. The zero-order valence-electron chi connectivity index (χ0n) is 26.2. The van der Waals surface area contributed by atoms with Gasteiger partial charge in [-0.15, -0.1) is 0 Å². The van der Waals surface area contributed by atoms with Gasteiger partial charge in [0, 0.05) is 62.9 Å². The molecule has 0 atom stereocenters. The lowest BCUT2D eigenvalue weighted by molar-refractivity contribution is -0.145. The zero-order chi connectivity index (χ0) is 31.8. The molecule has 0 saturated carbocycles. The summed E-state index contributed by atoms with van der Waals surface area (Å²) in [5.74, 6) is -1.74. The predicted octanol–water partition coefficient (Wildman–Crippen LogP) is 3.61. The second kappa shape index (κ2) is 23.9. The standard InChI is InChI=1S/C29H51NO11Si/c1-8-39-42(40-9-2,41-10-3)23-11-16-30(17-14-26(31)35-19-12-21-37-28(33)24(4)5)18-15-27(32)36-20-13-22-38-29(34)25(6)7/h4,6,8-23H2,1-3,5,7H3. The number of rotatable bonds is 26. The van der Waals surface area contributed by atoms with E-state index in [4.69, 9.17) is 32.2 Å². The van der Waals surface area contributed by atoms with E-state index in [1.165, 1.54) is 0 Å². The minimum Gasteiger partial charge on any atom is -0.466 e. The van der Waals surface area contributed by atoms with E-state index in [1.54, 1.807) is 13.8 Å². The highest BCUT2D eigenvalue weighted by Crippen LogP contribution is 2.19. The van der Waals surface area contributed by atoms with Crippen molar-refractivity contribution in [2.75, 3.05) is 65.9 Å². The van der Waals surface area contributed by atoms with E-state index in [2.05, 4.69) is 13.2 Å². The Morgan fingerprint density at radius 2 is 0.976 bits per heavy atom. The maximum atomic E-state index is 12.3. The molecule has 13 heteroatoms. The molecule has 0 aliphatic heterocycles. The summed E-state index contributed by atoms with van der Waals surface area (Å²) in [4.78, 5) is 49.4. The molecule has 0 aliphatic carbocycles. The molecule has 0 spiro atoms. The van der Waals surface area contributed by atoms with Gasteiger partial charge in [0.05, 0.1) is 39.3 Å². The quantitative estimate of drug-likeness (QED) is 0.0461. The normalized spacial score (nSPS) is 11.2. The van der Waals surface area contributed by atoms with Gasteiger partial charge in [-0.25, -0.2) is 9.59 Å². The van der Waals surface area contributed by atoms with Crippen LogP contribution in [0, 0.1) is 0 Å². The molecule has 0 unspecified atom stereocenters. The fourth-order valence-corrected chi connectivity index (χ4v) is 6.16. The van der Waals surface area contributed by atoms with E-state index in [0.29, 0.717) is 75.9 Å². The van der Waals surface area contributed by atoms with Gasteiger partial charge in [-0.3, -0.25) is 9.59 Å². The molecule has 42 heavy (non-hydrogen) atoms. The number of carbonyl (C=O) groups excluding carboxylic acids is 4. The van der Waals surface area contributed by atoms with Crippen LogP contribution in [0.15, 0.2) is 24.3 Å². The predicted molar refractivity (Wildman–Crippen MR) is 158 cm³/mol. The Morgan fingerprint density at radius 3 is 1.33 bits per heavy atom. The van der Waals surface area contributed by atoms with Gasteiger partial charge in [-0.2, -0.15) is 0 Å². The summed E-state index contributed by atoms with van der Waals surface area (Å²) in [5.41, 5.74) is 0.618. The molecule has 0 aromatic heterocycles. The lowest BCUT2D eigenvalue weighted by Crippen LogP contribution is -2.46. The van der Waals surface area contributed by atoms with Crippen LogP contribution in [0.25, 0.3) is 0 Å².